The predicted molar refractivity (Wildman–Crippen MR) is 122 cm³/mol. The molecule has 4 aromatic rings. The fourth-order valence-electron chi connectivity index (χ4n) is 5.24. The van der Waals surface area contributed by atoms with Gasteiger partial charge in [0.05, 0.1) is 22.6 Å². The molecule has 0 amide bonds. The first-order chi connectivity index (χ1) is 15.7. The highest BCUT2D eigenvalue weighted by atomic mass is 19.2. The van der Waals surface area contributed by atoms with Crippen LogP contribution < -0.4 is 0 Å². The van der Waals surface area contributed by atoms with Crippen LogP contribution in [0.1, 0.15) is 69.5 Å². The van der Waals surface area contributed by atoms with E-state index in [1.54, 1.807) is 12.3 Å². The lowest BCUT2D eigenvalue weighted by Crippen LogP contribution is -2.32. The molecule has 0 aliphatic heterocycles. The van der Waals surface area contributed by atoms with E-state index in [4.69, 9.17) is 4.98 Å². The number of H-pyrrole nitrogens is 1. The first kappa shape index (κ1) is 21.6. The zero-order valence-corrected chi connectivity index (χ0v) is 18.8. The molecule has 0 spiro atoms. The molecule has 1 aromatic carbocycles. The van der Waals surface area contributed by atoms with E-state index in [1.165, 1.54) is 6.07 Å². The Kier molecular flexibility index (Phi) is 4.99. The Balaban J connectivity index is 1.77. The van der Waals surface area contributed by atoms with Gasteiger partial charge in [0.15, 0.2) is 17.3 Å². The monoisotopic (exact) mass is 452 g/mol. The smallest absolute Gasteiger partial charge is 0.309 e. The molecule has 0 bridgehead atoms. The van der Waals surface area contributed by atoms with Gasteiger partial charge in [0.2, 0.25) is 0 Å². The third kappa shape index (κ3) is 3.39. The van der Waals surface area contributed by atoms with E-state index in [0.29, 0.717) is 24.2 Å². The van der Waals surface area contributed by atoms with Gasteiger partial charge in [-0.2, -0.15) is 5.10 Å². The molecule has 0 atom stereocenters. The topological polar surface area (TPSA) is 83.8 Å². The van der Waals surface area contributed by atoms with Gasteiger partial charge >= 0.3 is 5.97 Å². The summed E-state index contributed by atoms with van der Waals surface area (Å²) in [6.45, 7) is 5.96. The van der Waals surface area contributed by atoms with Crippen LogP contribution in [0.4, 0.5) is 8.78 Å². The predicted octanol–water partition coefficient (Wildman–Crippen LogP) is 6.05. The third-order valence-electron chi connectivity index (χ3n) is 7.14. The van der Waals surface area contributed by atoms with Crippen LogP contribution in [0.2, 0.25) is 0 Å². The number of aliphatic carboxylic acids is 1. The molecule has 1 aliphatic carbocycles. The Hall–Kier alpha value is -3.29. The van der Waals surface area contributed by atoms with Crippen LogP contribution in [0.25, 0.3) is 27.8 Å². The molecular weight excluding hydrogens is 426 g/mol. The van der Waals surface area contributed by atoms with Gasteiger partial charge in [0.1, 0.15) is 0 Å². The summed E-state index contributed by atoms with van der Waals surface area (Å²) in [7, 11) is 0. The highest BCUT2D eigenvalue weighted by molar-refractivity contribution is 5.93. The Labute approximate surface area is 189 Å². The van der Waals surface area contributed by atoms with Crippen molar-refractivity contribution in [2.45, 2.75) is 58.3 Å². The van der Waals surface area contributed by atoms with Crippen LogP contribution in [0, 0.1) is 17.0 Å². The number of hydrogen-bond donors (Lipinski definition) is 2. The van der Waals surface area contributed by atoms with Crippen LogP contribution >= 0.6 is 0 Å². The number of nitrogens with zero attached hydrogens (tertiary/aromatic N) is 3. The summed E-state index contributed by atoms with van der Waals surface area (Å²) >= 11 is 0. The fraction of sp³-hybridized carbons (Fsp3) is 0.400. The van der Waals surface area contributed by atoms with Crippen molar-refractivity contribution >= 4 is 28.0 Å². The molecule has 2 N–H and O–H groups in total. The highest BCUT2D eigenvalue weighted by Gasteiger charge is 2.40. The fourth-order valence-corrected chi connectivity index (χ4v) is 5.24. The van der Waals surface area contributed by atoms with Gasteiger partial charge in [-0.15, -0.1) is 0 Å². The van der Waals surface area contributed by atoms with Gasteiger partial charge < -0.3 is 9.67 Å². The van der Waals surface area contributed by atoms with Gasteiger partial charge in [-0.3, -0.25) is 9.89 Å². The zero-order valence-electron chi connectivity index (χ0n) is 18.8. The second-order valence-electron chi connectivity index (χ2n) is 9.69. The molecule has 6 nitrogen and oxygen atoms in total. The molecule has 0 unspecified atom stereocenters. The largest absolute Gasteiger partial charge is 0.481 e. The normalized spacial score (nSPS) is 21.3. The average molecular weight is 453 g/mol. The Morgan fingerprint density at radius 2 is 1.94 bits per heavy atom. The summed E-state index contributed by atoms with van der Waals surface area (Å²) in [6, 6.07) is 5.91. The van der Waals surface area contributed by atoms with Crippen molar-refractivity contribution in [1.82, 2.24) is 19.7 Å². The maximum absolute atomic E-state index is 14.2. The minimum atomic E-state index is -0.905. The highest BCUT2D eigenvalue weighted by Crippen LogP contribution is 2.48. The molecule has 1 saturated carbocycles. The van der Waals surface area contributed by atoms with E-state index in [0.717, 1.165) is 46.6 Å². The average Bonchev–Trinajstić information content (AvgIpc) is 3.36. The first-order valence-electron chi connectivity index (χ1n) is 11.3. The molecule has 172 valence electrons. The van der Waals surface area contributed by atoms with E-state index < -0.39 is 23.0 Å². The number of halogens is 2. The van der Waals surface area contributed by atoms with Crippen molar-refractivity contribution < 1.29 is 18.7 Å². The van der Waals surface area contributed by atoms with Gasteiger partial charge in [0, 0.05) is 28.4 Å². The number of fused-ring (bicyclic) bond motifs is 2. The van der Waals surface area contributed by atoms with Crippen molar-refractivity contribution in [1.29, 1.82) is 0 Å². The number of rotatable bonds is 4. The molecule has 33 heavy (non-hydrogen) atoms. The quantitative estimate of drug-likeness (QED) is 0.395. The van der Waals surface area contributed by atoms with Crippen molar-refractivity contribution in [3.63, 3.8) is 0 Å². The van der Waals surface area contributed by atoms with Gasteiger partial charge in [-0.25, -0.2) is 13.8 Å². The molecule has 0 saturated heterocycles. The molecule has 0 radical (unpaired) electrons. The minimum absolute atomic E-state index is 0.0755. The molecule has 8 heteroatoms. The van der Waals surface area contributed by atoms with Gasteiger partial charge in [0.25, 0.3) is 0 Å². The van der Waals surface area contributed by atoms with Crippen LogP contribution in [0.5, 0.6) is 0 Å². The van der Waals surface area contributed by atoms with Crippen LogP contribution in [0.3, 0.4) is 0 Å². The summed E-state index contributed by atoms with van der Waals surface area (Å²) in [5, 5.41) is 17.5. The second kappa shape index (κ2) is 7.64. The summed E-state index contributed by atoms with van der Waals surface area (Å²) in [6.07, 6.45) is 4.30. The van der Waals surface area contributed by atoms with Crippen LogP contribution in [0.15, 0.2) is 30.5 Å². The summed E-state index contributed by atoms with van der Waals surface area (Å²) in [4.78, 5) is 16.7. The SMILES string of the molecule is CC(C)c1c([C@H]2CC[C@](C)(C(=O)O)CC2)c2nc3[nH]ncc3cc2n1-c1ccc(F)c(F)c1. The van der Waals surface area contributed by atoms with Crippen molar-refractivity contribution in [2.75, 3.05) is 0 Å². The third-order valence-corrected chi connectivity index (χ3v) is 7.14. The number of pyridine rings is 1. The standard InChI is InChI=1S/C25H26F2N4O2/c1-13(2)22-20(14-6-8-25(3,9-7-14)24(32)33)21-19(10-15-12-28-30-23(15)29-21)31(22)16-4-5-17(26)18(27)11-16/h4-5,10-14H,6-9H2,1-3H3,(H,32,33)(H,28,29,30)/t14-,25-. The number of carboxylic acids is 1. The Morgan fingerprint density at radius 1 is 1.21 bits per heavy atom. The summed E-state index contributed by atoms with van der Waals surface area (Å²) < 4.78 is 30.0. The lowest BCUT2D eigenvalue weighted by molar-refractivity contribution is -0.149. The zero-order chi connectivity index (χ0) is 23.5. The molecule has 5 rings (SSSR count). The van der Waals surface area contributed by atoms with E-state index in [-0.39, 0.29) is 11.8 Å². The Bertz CT molecular complexity index is 1380. The van der Waals surface area contributed by atoms with Crippen LogP contribution in [-0.4, -0.2) is 30.8 Å². The minimum Gasteiger partial charge on any atom is -0.481 e. The van der Waals surface area contributed by atoms with Gasteiger partial charge in [-0.05, 0) is 62.6 Å². The number of carbonyl (C=O) groups is 1. The number of aromatic amines is 1. The summed E-state index contributed by atoms with van der Waals surface area (Å²) in [5.74, 6) is -2.36. The number of carboxylic acid groups (broad SMARTS) is 1. The van der Waals surface area contributed by atoms with Crippen molar-refractivity contribution in [3.05, 3.63) is 53.4 Å². The molecule has 1 aliphatic rings. The Morgan fingerprint density at radius 3 is 2.58 bits per heavy atom. The van der Waals surface area contributed by atoms with Crippen molar-refractivity contribution in [2.24, 2.45) is 5.41 Å². The van der Waals surface area contributed by atoms with Crippen LogP contribution in [-0.2, 0) is 4.79 Å². The number of aromatic nitrogens is 4. The second-order valence-corrected chi connectivity index (χ2v) is 9.69. The first-order valence-corrected chi connectivity index (χ1v) is 11.3. The van der Waals surface area contributed by atoms with E-state index in [2.05, 4.69) is 24.0 Å². The molecule has 3 aromatic heterocycles. The lowest BCUT2D eigenvalue weighted by Gasteiger charge is -2.34. The van der Waals surface area contributed by atoms with E-state index >= 15 is 0 Å². The number of hydrogen-bond acceptors (Lipinski definition) is 3. The lowest BCUT2D eigenvalue weighted by atomic mass is 9.69. The maximum atomic E-state index is 14.2. The summed E-state index contributed by atoms with van der Waals surface area (Å²) in [5.41, 5.74) is 4.13. The molecular formula is C25H26F2N4O2. The molecule has 1 fully saturated rings. The van der Waals surface area contributed by atoms with E-state index in [9.17, 15) is 18.7 Å². The number of nitrogens with one attached hydrogen (secondary N) is 1. The molecule has 3 heterocycles. The maximum Gasteiger partial charge on any atom is 0.309 e. The van der Waals surface area contributed by atoms with Crippen molar-refractivity contribution in [3.8, 4) is 5.69 Å². The number of benzene rings is 1. The van der Waals surface area contributed by atoms with E-state index in [1.807, 2.05) is 17.6 Å². The van der Waals surface area contributed by atoms with Gasteiger partial charge in [-0.1, -0.05) is 13.8 Å².